The van der Waals surface area contributed by atoms with Crippen molar-refractivity contribution in [2.75, 3.05) is 7.05 Å². The molecule has 2 atom stereocenters. The summed E-state index contributed by atoms with van der Waals surface area (Å²) in [5, 5.41) is 17.4. The third-order valence-corrected chi connectivity index (χ3v) is 4.25. The summed E-state index contributed by atoms with van der Waals surface area (Å²) in [6, 6.07) is 18.7. The van der Waals surface area contributed by atoms with Gasteiger partial charge >= 0.3 is 0 Å². The Labute approximate surface area is 146 Å². The number of benzene rings is 2. The van der Waals surface area contributed by atoms with Gasteiger partial charge in [-0.25, -0.2) is 0 Å². The van der Waals surface area contributed by atoms with E-state index < -0.39 is 12.0 Å². The van der Waals surface area contributed by atoms with E-state index in [9.17, 15) is 9.90 Å². The van der Waals surface area contributed by atoms with E-state index in [1.807, 2.05) is 67.6 Å². The van der Waals surface area contributed by atoms with Gasteiger partial charge in [-0.3, -0.25) is 4.79 Å². The maximum Gasteiger partial charge on any atom is 0.256 e. The number of aromatic nitrogens is 1. The van der Waals surface area contributed by atoms with Crippen LogP contribution in [0, 0.1) is 0 Å². The average molecular weight is 336 g/mol. The van der Waals surface area contributed by atoms with Crippen LogP contribution in [0.3, 0.4) is 0 Å². The minimum absolute atomic E-state index is 0.290. The molecule has 1 heterocycles. The molecular weight excluding hydrogens is 316 g/mol. The van der Waals surface area contributed by atoms with E-state index in [4.69, 9.17) is 4.52 Å². The zero-order chi connectivity index (χ0) is 17.8. The summed E-state index contributed by atoms with van der Waals surface area (Å²) in [5.74, 6) is -0.351. The number of nitrogens with zero attached hydrogens (tertiary/aromatic N) is 1. The van der Waals surface area contributed by atoms with Gasteiger partial charge in [0.2, 0.25) is 0 Å². The van der Waals surface area contributed by atoms with Crippen LogP contribution in [0.2, 0.25) is 0 Å². The Balaban J connectivity index is 2.04. The van der Waals surface area contributed by atoms with Gasteiger partial charge in [-0.1, -0.05) is 72.7 Å². The highest BCUT2D eigenvalue weighted by atomic mass is 16.5. The van der Waals surface area contributed by atoms with Gasteiger partial charge in [-0.2, -0.15) is 0 Å². The van der Waals surface area contributed by atoms with Crippen LogP contribution in [0.5, 0.6) is 0 Å². The second-order valence-corrected chi connectivity index (χ2v) is 5.86. The van der Waals surface area contributed by atoms with Crippen LogP contribution in [-0.4, -0.2) is 23.2 Å². The van der Waals surface area contributed by atoms with Gasteiger partial charge in [0.25, 0.3) is 5.91 Å². The molecule has 1 aromatic heterocycles. The Kier molecular flexibility index (Phi) is 4.95. The molecule has 2 unspecified atom stereocenters. The van der Waals surface area contributed by atoms with Crippen LogP contribution in [0.1, 0.15) is 40.6 Å². The number of carbonyl (C=O) groups is 1. The summed E-state index contributed by atoms with van der Waals surface area (Å²) in [6.45, 7) is 1.82. The number of rotatable bonds is 5. The third-order valence-electron chi connectivity index (χ3n) is 4.25. The van der Waals surface area contributed by atoms with Gasteiger partial charge < -0.3 is 14.9 Å². The van der Waals surface area contributed by atoms with E-state index in [2.05, 4.69) is 10.5 Å². The molecule has 3 rings (SSSR count). The van der Waals surface area contributed by atoms with Gasteiger partial charge in [0, 0.05) is 18.5 Å². The van der Waals surface area contributed by atoms with Crippen LogP contribution >= 0.6 is 0 Å². The fraction of sp³-hybridized carbons (Fsp3) is 0.200. The predicted octanol–water partition coefficient (Wildman–Crippen LogP) is 3.54. The van der Waals surface area contributed by atoms with Gasteiger partial charge in [0.1, 0.15) is 11.3 Å². The first kappa shape index (κ1) is 16.9. The molecule has 3 aromatic rings. The zero-order valence-electron chi connectivity index (χ0n) is 14.1. The summed E-state index contributed by atoms with van der Waals surface area (Å²) >= 11 is 0. The minimum Gasteiger partial charge on any atom is -0.388 e. The molecule has 1 amide bonds. The van der Waals surface area contributed by atoms with Crippen molar-refractivity contribution in [1.82, 2.24) is 10.5 Å². The SMILES string of the molecule is CNC(=O)c1c(-c2ccccc2)noc1C(C)C(O)c1ccccc1. The monoisotopic (exact) mass is 336 g/mol. The topological polar surface area (TPSA) is 75.4 Å². The molecule has 0 aliphatic rings. The standard InChI is InChI=1S/C20H20N2O3/c1-13(18(23)15-11-7-4-8-12-15)19-16(20(24)21-2)17(22-25-19)14-9-5-3-6-10-14/h3-13,18,23H,1-2H3,(H,21,24). The fourth-order valence-corrected chi connectivity index (χ4v) is 2.83. The van der Waals surface area contributed by atoms with E-state index in [1.165, 1.54) is 0 Å². The molecule has 0 saturated heterocycles. The quantitative estimate of drug-likeness (QED) is 0.747. The first-order valence-corrected chi connectivity index (χ1v) is 8.13. The van der Waals surface area contributed by atoms with Crippen molar-refractivity contribution in [2.45, 2.75) is 18.9 Å². The van der Waals surface area contributed by atoms with E-state index in [-0.39, 0.29) is 5.91 Å². The van der Waals surface area contributed by atoms with Crippen LogP contribution in [0.15, 0.2) is 65.2 Å². The summed E-state index contributed by atoms with van der Waals surface area (Å²) in [5.41, 5.74) is 2.38. The number of nitrogens with one attached hydrogen (secondary N) is 1. The minimum atomic E-state index is -0.804. The molecule has 0 saturated carbocycles. The molecule has 2 aromatic carbocycles. The lowest BCUT2D eigenvalue weighted by atomic mass is 9.91. The second-order valence-electron chi connectivity index (χ2n) is 5.86. The highest BCUT2D eigenvalue weighted by molar-refractivity contribution is 6.00. The number of amides is 1. The van der Waals surface area contributed by atoms with Crippen molar-refractivity contribution in [3.05, 3.63) is 77.6 Å². The number of aliphatic hydroxyl groups excluding tert-OH is 1. The molecule has 0 spiro atoms. The van der Waals surface area contributed by atoms with Gasteiger partial charge in [-0.15, -0.1) is 0 Å². The number of carbonyl (C=O) groups excluding carboxylic acids is 1. The van der Waals surface area contributed by atoms with E-state index in [0.29, 0.717) is 17.0 Å². The van der Waals surface area contributed by atoms with Crippen LogP contribution in [-0.2, 0) is 0 Å². The Bertz CT molecular complexity index is 844. The second kappa shape index (κ2) is 7.32. The molecule has 5 heteroatoms. The van der Waals surface area contributed by atoms with Crippen LogP contribution < -0.4 is 5.32 Å². The number of hydrogen-bond acceptors (Lipinski definition) is 4. The molecule has 25 heavy (non-hydrogen) atoms. The highest BCUT2D eigenvalue weighted by Gasteiger charge is 2.30. The Morgan fingerprint density at radius 1 is 1.08 bits per heavy atom. The molecular formula is C20H20N2O3. The maximum atomic E-state index is 12.5. The van der Waals surface area contributed by atoms with E-state index >= 15 is 0 Å². The molecule has 5 nitrogen and oxygen atoms in total. The van der Waals surface area contributed by atoms with Crippen molar-refractivity contribution in [3.63, 3.8) is 0 Å². The number of aliphatic hydroxyl groups is 1. The van der Waals surface area contributed by atoms with Crippen molar-refractivity contribution >= 4 is 5.91 Å². The van der Waals surface area contributed by atoms with Crippen molar-refractivity contribution in [2.24, 2.45) is 0 Å². The lowest BCUT2D eigenvalue weighted by molar-refractivity contribution is 0.0955. The molecule has 2 N–H and O–H groups in total. The van der Waals surface area contributed by atoms with Crippen LogP contribution in [0.4, 0.5) is 0 Å². The average Bonchev–Trinajstić information content (AvgIpc) is 3.12. The molecule has 0 radical (unpaired) electrons. The Morgan fingerprint density at radius 3 is 2.28 bits per heavy atom. The first-order chi connectivity index (χ1) is 12.1. The Hall–Kier alpha value is -2.92. The normalized spacial score (nSPS) is 13.2. The van der Waals surface area contributed by atoms with Crippen molar-refractivity contribution in [1.29, 1.82) is 0 Å². The van der Waals surface area contributed by atoms with Gasteiger partial charge in [-0.05, 0) is 5.56 Å². The van der Waals surface area contributed by atoms with Crippen LogP contribution in [0.25, 0.3) is 11.3 Å². The molecule has 0 bridgehead atoms. The third kappa shape index (κ3) is 3.32. The predicted molar refractivity (Wildman–Crippen MR) is 95.1 cm³/mol. The lowest BCUT2D eigenvalue weighted by Crippen LogP contribution is -2.21. The van der Waals surface area contributed by atoms with Crippen molar-refractivity contribution in [3.8, 4) is 11.3 Å². The van der Waals surface area contributed by atoms with E-state index in [1.54, 1.807) is 7.05 Å². The smallest absolute Gasteiger partial charge is 0.256 e. The zero-order valence-corrected chi connectivity index (χ0v) is 14.1. The molecule has 128 valence electrons. The first-order valence-electron chi connectivity index (χ1n) is 8.13. The summed E-state index contributed by atoms with van der Waals surface area (Å²) in [4.78, 5) is 12.5. The lowest BCUT2D eigenvalue weighted by Gasteiger charge is -2.17. The van der Waals surface area contributed by atoms with Gasteiger partial charge in [0.05, 0.1) is 6.10 Å². The summed E-state index contributed by atoms with van der Waals surface area (Å²) in [6.07, 6.45) is -0.804. The Morgan fingerprint density at radius 2 is 1.68 bits per heavy atom. The fourth-order valence-electron chi connectivity index (χ4n) is 2.83. The van der Waals surface area contributed by atoms with E-state index in [0.717, 1.165) is 11.1 Å². The number of hydrogen-bond donors (Lipinski definition) is 2. The molecule has 0 aliphatic carbocycles. The largest absolute Gasteiger partial charge is 0.388 e. The van der Waals surface area contributed by atoms with Gasteiger partial charge in [0.15, 0.2) is 5.76 Å². The maximum absolute atomic E-state index is 12.5. The molecule has 0 fully saturated rings. The molecule has 0 aliphatic heterocycles. The highest BCUT2D eigenvalue weighted by Crippen LogP contribution is 2.36. The van der Waals surface area contributed by atoms with Crippen molar-refractivity contribution < 1.29 is 14.4 Å². The summed E-state index contributed by atoms with van der Waals surface area (Å²) < 4.78 is 5.51. The summed E-state index contributed by atoms with van der Waals surface area (Å²) in [7, 11) is 1.56.